The summed E-state index contributed by atoms with van der Waals surface area (Å²) in [5, 5.41) is 15.1. The molecular weight excluding hydrogens is 342 g/mol. The quantitative estimate of drug-likeness (QED) is 0.484. The van der Waals surface area contributed by atoms with Gasteiger partial charge in [-0.15, -0.1) is 0 Å². The second kappa shape index (κ2) is 6.31. The first kappa shape index (κ1) is 16.9. The molecule has 1 amide bonds. The lowest BCUT2D eigenvalue weighted by Gasteiger charge is -2.18. The Morgan fingerprint density at radius 2 is 1.81 bits per heavy atom. The van der Waals surface area contributed by atoms with Crippen LogP contribution in [0.1, 0.15) is 28.8 Å². The number of nitrogens with two attached hydrogens (primary N) is 1. The lowest BCUT2D eigenvalue weighted by molar-refractivity contribution is 0.0975. The highest BCUT2D eigenvalue weighted by Gasteiger charge is 2.49. The number of hydrogen-bond acceptors (Lipinski definition) is 6. The van der Waals surface area contributed by atoms with Crippen molar-refractivity contribution in [2.75, 3.05) is 5.73 Å². The molecule has 8 heteroatoms. The standard InChI is InChI=1S/C19H19N7O/c1-26-11-14(10-24-26)16(27)25-17(20)19(6-7-19)15-4-2-12(3-5-15)13-8-22-18(21)23-9-13/h2-5,8-11H,6-7H2,1H3,(H2,20,25,27)(H2,21,22,23). The Balaban J connectivity index is 1.51. The molecule has 0 radical (unpaired) electrons. The Labute approximate surface area is 156 Å². The van der Waals surface area contributed by atoms with Crippen molar-refractivity contribution in [2.45, 2.75) is 18.3 Å². The van der Waals surface area contributed by atoms with Crippen LogP contribution >= 0.6 is 0 Å². The number of aromatic nitrogens is 4. The fourth-order valence-electron chi connectivity index (χ4n) is 3.12. The van der Waals surface area contributed by atoms with Gasteiger partial charge in [0.1, 0.15) is 5.84 Å². The molecule has 0 aliphatic heterocycles. The summed E-state index contributed by atoms with van der Waals surface area (Å²) in [5.41, 5.74) is 8.41. The number of benzene rings is 1. The van der Waals surface area contributed by atoms with E-state index in [9.17, 15) is 4.79 Å². The first-order valence-corrected chi connectivity index (χ1v) is 8.55. The van der Waals surface area contributed by atoms with E-state index in [1.54, 1.807) is 30.3 Å². The Morgan fingerprint density at radius 3 is 2.37 bits per heavy atom. The number of nitrogen functional groups attached to an aromatic ring is 1. The van der Waals surface area contributed by atoms with Crippen LogP contribution in [0.25, 0.3) is 11.1 Å². The molecule has 4 rings (SSSR count). The SMILES string of the molecule is Cn1cc(C(=O)NC(=N)C2(c3ccc(-c4cnc(N)nc4)cc3)CC2)cn1. The van der Waals surface area contributed by atoms with Gasteiger partial charge < -0.3 is 11.1 Å². The van der Waals surface area contributed by atoms with Gasteiger partial charge in [0, 0.05) is 31.2 Å². The second-order valence-electron chi connectivity index (χ2n) is 6.72. The van der Waals surface area contributed by atoms with E-state index in [1.807, 2.05) is 24.3 Å². The molecule has 4 N–H and O–H groups in total. The molecule has 1 aromatic carbocycles. The van der Waals surface area contributed by atoms with Crippen LogP contribution in [0, 0.1) is 5.41 Å². The molecule has 0 atom stereocenters. The average molecular weight is 361 g/mol. The van der Waals surface area contributed by atoms with Gasteiger partial charge in [0.05, 0.1) is 17.2 Å². The lowest BCUT2D eigenvalue weighted by Crippen LogP contribution is -2.38. The number of carbonyl (C=O) groups is 1. The minimum Gasteiger partial charge on any atom is -0.368 e. The van der Waals surface area contributed by atoms with Gasteiger partial charge in [0.2, 0.25) is 5.95 Å². The Bertz CT molecular complexity index is 1000. The summed E-state index contributed by atoms with van der Waals surface area (Å²) in [7, 11) is 1.75. The minimum atomic E-state index is -0.423. The number of amides is 1. The Hall–Kier alpha value is -3.55. The summed E-state index contributed by atoms with van der Waals surface area (Å²) in [4.78, 5) is 20.3. The van der Waals surface area contributed by atoms with Crippen molar-refractivity contribution in [2.24, 2.45) is 7.05 Å². The Kier molecular flexibility index (Phi) is 3.95. The number of hydrogen-bond donors (Lipinski definition) is 3. The molecule has 27 heavy (non-hydrogen) atoms. The number of amidine groups is 1. The van der Waals surface area contributed by atoms with Crippen molar-refractivity contribution in [1.82, 2.24) is 25.1 Å². The van der Waals surface area contributed by atoms with Crippen LogP contribution in [0.3, 0.4) is 0 Å². The van der Waals surface area contributed by atoms with Crippen molar-refractivity contribution in [3.05, 3.63) is 60.2 Å². The lowest BCUT2D eigenvalue weighted by atomic mass is 9.92. The van der Waals surface area contributed by atoms with E-state index in [0.717, 1.165) is 29.5 Å². The van der Waals surface area contributed by atoms with Gasteiger partial charge in [-0.25, -0.2) is 9.97 Å². The van der Waals surface area contributed by atoms with Gasteiger partial charge in [0.25, 0.3) is 5.91 Å². The van der Waals surface area contributed by atoms with Crippen LogP contribution < -0.4 is 11.1 Å². The topological polar surface area (TPSA) is 123 Å². The molecule has 1 fully saturated rings. The normalized spacial score (nSPS) is 14.6. The van der Waals surface area contributed by atoms with E-state index in [4.69, 9.17) is 11.1 Å². The summed E-state index contributed by atoms with van der Waals surface area (Å²) in [6.07, 6.45) is 8.16. The maximum absolute atomic E-state index is 12.3. The first-order chi connectivity index (χ1) is 13.0. The van der Waals surface area contributed by atoms with Gasteiger partial charge in [0.15, 0.2) is 0 Å². The van der Waals surface area contributed by atoms with Crippen molar-refractivity contribution < 1.29 is 4.79 Å². The summed E-state index contributed by atoms with van der Waals surface area (Å²) in [5.74, 6) is 0.153. The molecule has 3 aromatic rings. The summed E-state index contributed by atoms with van der Waals surface area (Å²) < 4.78 is 1.56. The molecule has 0 unspecified atom stereocenters. The maximum atomic E-state index is 12.3. The van der Waals surface area contributed by atoms with Crippen molar-refractivity contribution >= 4 is 17.7 Å². The van der Waals surface area contributed by atoms with Crippen molar-refractivity contribution in [3.63, 3.8) is 0 Å². The molecule has 1 saturated carbocycles. The molecule has 1 aliphatic carbocycles. The molecular formula is C19H19N7O. The molecule has 0 spiro atoms. The number of carbonyl (C=O) groups excluding carboxylic acids is 1. The summed E-state index contributed by atoms with van der Waals surface area (Å²) in [6, 6.07) is 7.92. The van der Waals surface area contributed by atoms with Crippen LogP contribution in [-0.2, 0) is 12.5 Å². The van der Waals surface area contributed by atoms with Gasteiger partial charge in [-0.1, -0.05) is 24.3 Å². The number of anilines is 1. The number of nitrogens with zero attached hydrogens (tertiary/aromatic N) is 4. The van der Waals surface area contributed by atoms with E-state index in [0.29, 0.717) is 5.56 Å². The minimum absolute atomic E-state index is 0.222. The van der Waals surface area contributed by atoms with Crippen LogP contribution in [-0.4, -0.2) is 31.5 Å². The average Bonchev–Trinajstić information content (AvgIpc) is 3.37. The smallest absolute Gasteiger partial charge is 0.259 e. The maximum Gasteiger partial charge on any atom is 0.259 e. The third-order valence-electron chi connectivity index (χ3n) is 4.88. The Morgan fingerprint density at radius 1 is 1.15 bits per heavy atom. The third-order valence-corrected chi connectivity index (χ3v) is 4.88. The van der Waals surface area contributed by atoms with Gasteiger partial charge in [-0.05, 0) is 24.0 Å². The predicted molar refractivity (Wildman–Crippen MR) is 101 cm³/mol. The van der Waals surface area contributed by atoms with E-state index < -0.39 is 5.41 Å². The van der Waals surface area contributed by atoms with E-state index >= 15 is 0 Å². The van der Waals surface area contributed by atoms with Gasteiger partial charge in [-0.3, -0.25) is 14.9 Å². The number of rotatable bonds is 4. The van der Waals surface area contributed by atoms with Crippen molar-refractivity contribution in [3.8, 4) is 11.1 Å². The number of aryl methyl sites for hydroxylation is 1. The molecule has 8 nitrogen and oxygen atoms in total. The fraction of sp³-hybridized carbons (Fsp3) is 0.211. The van der Waals surface area contributed by atoms with Gasteiger partial charge in [-0.2, -0.15) is 5.10 Å². The monoisotopic (exact) mass is 361 g/mol. The highest BCUT2D eigenvalue weighted by molar-refractivity contribution is 6.09. The highest BCUT2D eigenvalue weighted by atomic mass is 16.1. The highest BCUT2D eigenvalue weighted by Crippen LogP contribution is 2.48. The van der Waals surface area contributed by atoms with E-state index in [1.165, 1.54) is 6.20 Å². The fourth-order valence-corrected chi connectivity index (χ4v) is 3.12. The van der Waals surface area contributed by atoms with Gasteiger partial charge >= 0.3 is 0 Å². The van der Waals surface area contributed by atoms with Crippen LogP contribution in [0.4, 0.5) is 5.95 Å². The van der Waals surface area contributed by atoms with Crippen LogP contribution in [0.15, 0.2) is 49.1 Å². The predicted octanol–water partition coefficient (Wildman–Crippen LogP) is 1.90. The largest absolute Gasteiger partial charge is 0.368 e. The van der Waals surface area contributed by atoms with E-state index in [-0.39, 0.29) is 17.7 Å². The first-order valence-electron chi connectivity index (χ1n) is 8.55. The number of nitrogens with one attached hydrogen (secondary N) is 2. The molecule has 1 aliphatic rings. The molecule has 136 valence electrons. The zero-order valence-electron chi connectivity index (χ0n) is 14.8. The van der Waals surface area contributed by atoms with E-state index in [2.05, 4.69) is 20.4 Å². The third kappa shape index (κ3) is 3.17. The molecule has 2 aromatic heterocycles. The molecule has 2 heterocycles. The molecule has 0 saturated heterocycles. The molecule has 0 bridgehead atoms. The summed E-state index contributed by atoms with van der Waals surface area (Å²) >= 11 is 0. The van der Waals surface area contributed by atoms with Crippen LogP contribution in [0.2, 0.25) is 0 Å². The van der Waals surface area contributed by atoms with Crippen LogP contribution in [0.5, 0.6) is 0 Å². The zero-order valence-corrected chi connectivity index (χ0v) is 14.8. The second-order valence-corrected chi connectivity index (χ2v) is 6.72. The van der Waals surface area contributed by atoms with Crippen molar-refractivity contribution in [1.29, 1.82) is 5.41 Å². The zero-order chi connectivity index (χ0) is 19.0. The summed E-state index contributed by atoms with van der Waals surface area (Å²) in [6.45, 7) is 0.